The molecule has 5 heteroatoms. The largest absolute Gasteiger partial charge is 0.497 e. The van der Waals surface area contributed by atoms with Crippen molar-refractivity contribution in [2.45, 2.75) is 38.5 Å². The average molecular weight is 399 g/mol. The van der Waals surface area contributed by atoms with Crippen molar-refractivity contribution in [3.05, 3.63) is 82.3 Å². The van der Waals surface area contributed by atoms with Crippen LogP contribution in [0.3, 0.4) is 0 Å². The van der Waals surface area contributed by atoms with Gasteiger partial charge in [0.05, 0.1) is 24.7 Å². The minimum Gasteiger partial charge on any atom is -0.497 e. The lowest BCUT2D eigenvalue weighted by molar-refractivity contribution is -0.116. The first-order valence-corrected chi connectivity index (χ1v) is 10.3. The highest BCUT2D eigenvalue weighted by atomic mass is 16.5. The average Bonchev–Trinajstić information content (AvgIpc) is 2.79. The van der Waals surface area contributed by atoms with Crippen molar-refractivity contribution >= 4 is 11.5 Å². The molecule has 2 aromatic carbocycles. The Bertz CT molecular complexity index is 1070. The fourth-order valence-corrected chi connectivity index (χ4v) is 4.39. The van der Waals surface area contributed by atoms with Crippen LogP contribution in [0, 0.1) is 11.3 Å². The van der Waals surface area contributed by atoms with Gasteiger partial charge in [-0.25, -0.2) is 0 Å². The number of nitriles is 1. The van der Waals surface area contributed by atoms with Gasteiger partial charge < -0.3 is 10.5 Å². The lowest BCUT2D eigenvalue weighted by atomic mass is 9.75. The minimum atomic E-state index is -0.418. The third kappa shape index (κ3) is 3.25. The zero-order valence-corrected chi connectivity index (χ0v) is 17.3. The Kier molecular flexibility index (Phi) is 5.33. The van der Waals surface area contributed by atoms with Crippen LogP contribution in [0.4, 0.5) is 5.69 Å². The first-order chi connectivity index (χ1) is 14.6. The molecule has 0 radical (unpaired) electrons. The number of methoxy groups -OCH3 is 1. The quantitative estimate of drug-likeness (QED) is 0.815. The summed E-state index contributed by atoms with van der Waals surface area (Å²) in [5, 5.41) is 10.0. The summed E-state index contributed by atoms with van der Waals surface area (Å²) in [5.41, 5.74) is 11.6. The molecule has 1 atom stereocenters. The van der Waals surface area contributed by atoms with Crippen LogP contribution in [-0.4, -0.2) is 12.9 Å². The van der Waals surface area contributed by atoms with E-state index in [9.17, 15) is 10.1 Å². The zero-order valence-electron chi connectivity index (χ0n) is 17.3. The molecule has 0 aromatic heterocycles. The topological polar surface area (TPSA) is 79.3 Å². The SMILES string of the molecule is CCc1ccc([C@H]2C(C#N)=C(N)N(c3ccc(OC)cc3)C3=C2C(=O)CCC3)cc1. The number of nitrogens with two attached hydrogens (primary N) is 1. The number of hydrogen-bond donors (Lipinski definition) is 1. The highest BCUT2D eigenvalue weighted by molar-refractivity contribution is 6.01. The van der Waals surface area contributed by atoms with Gasteiger partial charge in [0.15, 0.2) is 5.78 Å². The molecule has 1 aliphatic carbocycles. The van der Waals surface area contributed by atoms with Gasteiger partial charge in [-0.1, -0.05) is 31.2 Å². The molecule has 1 heterocycles. The van der Waals surface area contributed by atoms with Crippen molar-refractivity contribution < 1.29 is 9.53 Å². The van der Waals surface area contributed by atoms with Crippen LogP contribution in [0.25, 0.3) is 0 Å². The molecule has 4 rings (SSSR count). The second-order valence-corrected chi connectivity index (χ2v) is 7.61. The summed E-state index contributed by atoms with van der Waals surface area (Å²) in [7, 11) is 1.62. The highest BCUT2D eigenvalue weighted by Gasteiger charge is 2.40. The van der Waals surface area contributed by atoms with E-state index in [1.165, 1.54) is 5.56 Å². The lowest BCUT2D eigenvalue weighted by Gasteiger charge is -2.39. The third-order valence-corrected chi connectivity index (χ3v) is 5.97. The van der Waals surface area contributed by atoms with Crippen molar-refractivity contribution in [3.8, 4) is 11.8 Å². The van der Waals surface area contributed by atoms with Crippen LogP contribution < -0.4 is 15.4 Å². The van der Waals surface area contributed by atoms with Crippen LogP contribution in [0.1, 0.15) is 43.2 Å². The Morgan fingerprint density at radius 2 is 1.83 bits per heavy atom. The number of ether oxygens (including phenoxy) is 1. The van der Waals surface area contributed by atoms with Crippen molar-refractivity contribution in [2.24, 2.45) is 5.73 Å². The molecule has 0 bridgehead atoms. The number of anilines is 1. The molecule has 5 nitrogen and oxygen atoms in total. The van der Waals surface area contributed by atoms with Crippen molar-refractivity contribution in [1.29, 1.82) is 5.26 Å². The fraction of sp³-hybridized carbons (Fsp3) is 0.280. The zero-order chi connectivity index (χ0) is 21.3. The number of hydrogen-bond acceptors (Lipinski definition) is 5. The molecule has 30 heavy (non-hydrogen) atoms. The van der Waals surface area contributed by atoms with E-state index in [1.807, 2.05) is 41.3 Å². The van der Waals surface area contributed by atoms with Crippen LogP contribution in [0.15, 0.2) is 71.2 Å². The van der Waals surface area contributed by atoms with Gasteiger partial charge in [0, 0.05) is 23.4 Å². The van der Waals surface area contributed by atoms with Crippen LogP contribution in [0.2, 0.25) is 0 Å². The Hall–Kier alpha value is -3.52. The van der Waals surface area contributed by atoms with E-state index in [-0.39, 0.29) is 5.78 Å². The van der Waals surface area contributed by atoms with E-state index in [0.29, 0.717) is 23.4 Å². The minimum absolute atomic E-state index is 0.0968. The van der Waals surface area contributed by atoms with Gasteiger partial charge in [0.1, 0.15) is 11.6 Å². The van der Waals surface area contributed by atoms with Gasteiger partial charge in [-0.2, -0.15) is 5.26 Å². The number of benzene rings is 2. The van der Waals surface area contributed by atoms with E-state index < -0.39 is 5.92 Å². The molecule has 0 fully saturated rings. The van der Waals surface area contributed by atoms with Gasteiger partial charge in [-0.3, -0.25) is 9.69 Å². The van der Waals surface area contributed by atoms with E-state index in [0.717, 1.165) is 42.0 Å². The third-order valence-electron chi connectivity index (χ3n) is 5.97. The Balaban J connectivity index is 1.90. The number of carbonyl (C=O) groups is 1. The Morgan fingerprint density at radius 1 is 1.13 bits per heavy atom. The van der Waals surface area contributed by atoms with E-state index >= 15 is 0 Å². The maximum atomic E-state index is 13.1. The molecule has 152 valence electrons. The maximum Gasteiger partial charge on any atom is 0.161 e. The van der Waals surface area contributed by atoms with Gasteiger partial charge in [0.25, 0.3) is 0 Å². The maximum absolute atomic E-state index is 13.1. The van der Waals surface area contributed by atoms with Crippen molar-refractivity contribution in [1.82, 2.24) is 0 Å². The van der Waals surface area contributed by atoms with Gasteiger partial charge in [0.2, 0.25) is 0 Å². The molecule has 2 aliphatic rings. The lowest BCUT2D eigenvalue weighted by Crippen LogP contribution is -2.38. The molecule has 0 saturated carbocycles. The van der Waals surface area contributed by atoms with Gasteiger partial charge >= 0.3 is 0 Å². The van der Waals surface area contributed by atoms with E-state index in [4.69, 9.17) is 10.5 Å². The van der Waals surface area contributed by atoms with Gasteiger partial charge in [-0.05, 0) is 54.7 Å². The first kappa shape index (κ1) is 19.8. The number of nitrogens with zero attached hydrogens (tertiary/aromatic N) is 2. The Labute approximate surface area is 177 Å². The number of ketones is 1. The smallest absolute Gasteiger partial charge is 0.161 e. The van der Waals surface area contributed by atoms with E-state index in [1.54, 1.807) is 7.11 Å². The monoisotopic (exact) mass is 399 g/mol. The molecule has 0 amide bonds. The summed E-state index contributed by atoms with van der Waals surface area (Å²) in [4.78, 5) is 15.0. The summed E-state index contributed by atoms with van der Waals surface area (Å²) in [5.74, 6) is 0.806. The molecule has 0 unspecified atom stereocenters. The van der Waals surface area contributed by atoms with Crippen molar-refractivity contribution in [2.75, 3.05) is 12.0 Å². The summed E-state index contributed by atoms with van der Waals surface area (Å²) in [6.07, 6.45) is 2.96. The number of carbonyl (C=O) groups excluding carboxylic acids is 1. The summed E-state index contributed by atoms with van der Waals surface area (Å²) in [6.45, 7) is 2.10. The van der Waals surface area contributed by atoms with Crippen LogP contribution in [-0.2, 0) is 11.2 Å². The molecule has 2 N–H and O–H groups in total. The molecule has 1 aliphatic heterocycles. The summed E-state index contributed by atoms with van der Waals surface area (Å²) >= 11 is 0. The number of rotatable bonds is 4. The fourth-order valence-electron chi connectivity index (χ4n) is 4.39. The second kappa shape index (κ2) is 8.08. The first-order valence-electron chi connectivity index (χ1n) is 10.3. The van der Waals surface area contributed by atoms with Gasteiger partial charge in [-0.15, -0.1) is 0 Å². The van der Waals surface area contributed by atoms with E-state index in [2.05, 4.69) is 25.1 Å². The number of aryl methyl sites for hydroxylation is 1. The predicted octanol–water partition coefficient (Wildman–Crippen LogP) is 4.56. The van der Waals surface area contributed by atoms with Crippen LogP contribution in [0.5, 0.6) is 5.75 Å². The molecule has 0 spiro atoms. The van der Waals surface area contributed by atoms with Crippen molar-refractivity contribution in [3.63, 3.8) is 0 Å². The molecule has 0 saturated heterocycles. The Morgan fingerprint density at radius 3 is 2.43 bits per heavy atom. The number of allylic oxidation sites excluding steroid dienone is 3. The molecular weight excluding hydrogens is 374 g/mol. The highest BCUT2D eigenvalue weighted by Crippen LogP contribution is 2.46. The molecule has 2 aromatic rings. The van der Waals surface area contributed by atoms with Crippen LogP contribution >= 0.6 is 0 Å². The summed E-state index contributed by atoms with van der Waals surface area (Å²) < 4.78 is 5.26. The molecular formula is C25H25N3O2. The predicted molar refractivity (Wildman–Crippen MR) is 117 cm³/mol. The summed E-state index contributed by atoms with van der Waals surface area (Å²) in [6, 6.07) is 18.0. The standard InChI is InChI=1S/C25H25N3O2/c1-3-16-7-9-17(10-8-16)23-20(15-26)25(27)28(18-11-13-19(30-2)14-12-18)21-5-4-6-22(29)24(21)23/h7-14,23H,3-6,27H2,1-2H3/t23-/m0/s1. The number of Topliss-reactive ketones (excluding diaryl/α,β-unsaturated/α-hetero) is 1. The normalized spacial score (nSPS) is 18.9. The second-order valence-electron chi connectivity index (χ2n) is 7.61.